The van der Waals surface area contributed by atoms with Crippen LogP contribution in [-0.4, -0.2) is 50.5 Å². The number of nitrogens with one attached hydrogen (secondary N) is 2. The number of amides is 1. The number of hydrogen-bond donors (Lipinski definition) is 2. The Morgan fingerprint density at radius 2 is 1.81 bits per heavy atom. The maximum Gasteiger partial charge on any atom is 0.270 e. The molecule has 0 radical (unpaired) electrons. The third-order valence-electron chi connectivity index (χ3n) is 8.11. The van der Waals surface area contributed by atoms with Gasteiger partial charge in [-0.05, 0) is 74.1 Å². The van der Waals surface area contributed by atoms with Crippen molar-refractivity contribution in [3.63, 3.8) is 0 Å². The highest BCUT2D eigenvalue weighted by Gasteiger charge is 2.24. The minimum absolute atomic E-state index is 0. The van der Waals surface area contributed by atoms with Gasteiger partial charge in [0.2, 0.25) is 5.95 Å². The molecule has 2 unspecified atom stereocenters. The molecule has 1 aliphatic rings. The lowest BCUT2D eigenvalue weighted by atomic mass is 9.87. The minimum atomic E-state index is -0.198. The Balaban J connectivity index is 0.00000264. The van der Waals surface area contributed by atoms with E-state index in [4.69, 9.17) is 9.72 Å². The van der Waals surface area contributed by atoms with E-state index < -0.39 is 0 Å². The van der Waals surface area contributed by atoms with Gasteiger partial charge in [0.25, 0.3) is 5.91 Å². The number of halogens is 1. The van der Waals surface area contributed by atoms with Crippen molar-refractivity contribution in [3.8, 4) is 11.5 Å². The SMILES string of the molecule is CC1CCCC(C)N1CCNC(=O)c1cc(Oc2ccc3c(c2)nc(Nc2ccc(Br)c(C(C)(C)C)c2)n3C)ccn1.[HH].[HH]. The summed E-state index contributed by atoms with van der Waals surface area (Å²) in [7, 11) is 1.99. The lowest BCUT2D eigenvalue weighted by Gasteiger charge is -2.39. The molecule has 0 spiro atoms. The number of piperidine rings is 1. The number of aromatic nitrogens is 3. The first-order chi connectivity index (χ1) is 20.0. The third kappa shape index (κ3) is 6.79. The fourth-order valence-electron chi connectivity index (χ4n) is 5.70. The van der Waals surface area contributed by atoms with Gasteiger partial charge in [-0.25, -0.2) is 4.98 Å². The van der Waals surface area contributed by atoms with Crippen LogP contribution < -0.4 is 15.4 Å². The summed E-state index contributed by atoms with van der Waals surface area (Å²) in [5, 5.41) is 6.49. The maximum absolute atomic E-state index is 12.8. The average Bonchev–Trinajstić information content (AvgIpc) is 3.24. The summed E-state index contributed by atoms with van der Waals surface area (Å²) >= 11 is 3.68. The third-order valence-corrected chi connectivity index (χ3v) is 8.81. The Morgan fingerprint density at radius 3 is 2.55 bits per heavy atom. The van der Waals surface area contributed by atoms with Crippen molar-refractivity contribution in [2.24, 2.45) is 7.05 Å². The van der Waals surface area contributed by atoms with Gasteiger partial charge in [0.1, 0.15) is 17.2 Å². The van der Waals surface area contributed by atoms with E-state index in [0.29, 0.717) is 35.8 Å². The van der Waals surface area contributed by atoms with Crippen molar-refractivity contribution in [2.75, 3.05) is 18.4 Å². The molecule has 3 heterocycles. The normalized spacial score (nSPS) is 17.8. The molecule has 5 rings (SSSR count). The highest BCUT2D eigenvalue weighted by molar-refractivity contribution is 9.10. The second-order valence-electron chi connectivity index (χ2n) is 12.3. The molecule has 2 atom stereocenters. The number of hydrogen-bond acceptors (Lipinski definition) is 6. The van der Waals surface area contributed by atoms with Crippen LogP contribution in [0.1, 0.15) is 72.8 Å². The summed E-state index contributed by atoms with van der Waals surface area (Å²) in [6.07, 6.45) is 5.30. The first-order valence-electron chi connectivity index (χ1n) is 14.7. The second-order valence-corrected chi connectivity index (χ2v) is 13.2. The molecule has 1 amide bonds. The van der Waals surface area contributed by atoms with E-state index in [-0.39, 0.29) is 14.2 Å². The van der Waals surface area contributed by atoms with Gasteiger partial charge in [-0.3, -0.25) is 14.7 Å². The molecule has 8 nitrogen and oxygen atoms in total. The molecule has 1 aliphatic heterocycles. The number of fused-ring (bicyclic) bond motifs is 1. The lowest BCUT2D eigenvalue weighted by Crippen LogP contribution is -2.47. The van der Waals surface area contributed by atoms with Crippen molar-refractivity contribution in [3.05, 3.63) is 70.5 Å². The zero-order chi connectivity index (χ0) is 30.0. The molecule has 4 aromatic rings. The molecule has 1 fully saturated rings. The number of pyridine rings is 1. The minimum Gasteiger partial charge on any atom is -0.457 e. The topological polar surface area (TPSA) is 84.3 Å². The summed E-state index contributed by atoms with van der Waals surface area (Å²) in [5.74, 6) is 1.72. The summed E-state index contributed by atoms with van der Waals surface area (Å²) < 4.78 is 9.25. The first kappa shape index (κ1) is 30.0. The maximum atomic E-state index is 12.8. The van der Waals surface area contributed by atoms with E-state index in [2.05, 4.69) is 83.2 Å². The Morgan fingerprint density at radius 1 is 1.07 bits per heavy atom. The molecule has 0 aliphatic carbocycles. The molecule has 9 heteroatoms. The van der Waals surface area contributed by atoms with Crippen LogP contribution in [0.3, 0.4) is 0 Å². The zero-order valence-electron chi connectivity index (χ0n) is 25.4. The van der Waals surface area contributed by atoms with Crippen molar-refractivity contribution in [1.29, 1.82) is 0 Å². The van der Waals surface area contributed by atoms with Crippen molar-refractivity contribution in [2.45, 2.75) is 71.4 Å². The highest BCUT2D eigenvalue weighted by atomic mass is 79.9. The molecule has 42 heavy (non-hydrogen) atoms. The van der Waals surface area contributed by atoms with Gasteiger partial charge in [-0.2, -0.15) is 0 Å². The van der Waals surface area contributed by atoms with Gasteiger partial charge in [-0.15, -0.1) is 0 Å². The van der Waals surface area contributed by atoms with Crippen molar-refractivity contribution < 1.29 is 12.4 Å². The number of anilines is 2. The van der Waals surface area contributed by atoms with E-state index in [9.17, 15) is 4.79 Å². The van der Waals surface area contributed by atoms with Gasteiger partial charge in [0, 0.05) is 63.6 Å². The quantitative estimate of drug-likeness (QED) is 0.203. The second kappa shape index (κ2) is 12.4. The van der Waals surface area contributed by atoms with Gasteiger partial charge in [0.15, 0.2) is 0 Å². The smallest absolute Gasteiger partial charge is 0.270 e. The predicted octanol–water partition coefficient (Wildman–Crippen LogP) is 8.05. The first-order valence-corrected chi connectivity index (χ1v) is 15.5. The monoisotopic (exact) mass is 636 g/mol. The average molecular weight is 638 g/mol. The van der Waals surface area contributed by atoms with Crippen LogP contribution in [-0.2, 0) is 12.5 Å². The number of nitrogens with zero attached hydrogens (tertiary/aromatic N) is 4. The summed E-state index contributed by atoms with van der Waals surface area (Å²) in [5.41, 5.74) is 4.32. The van der Waals surface area contributed by atoms with Crippen LogP contribution in [0, 0.1) is 0 Å². The largest absolute Gasteiger partial charge is 0.457 e. The van der Waals surface area contributed by atoms with Gasteiger partial charge in [-0.1, -0.05) is 43.1 Å². The van der Waals surface area contributed by atoms with Crippen LogP contribution >= 0.6 is 15.9 Å². The fourth-order valence-corrected chi connectivity index (χ4v) is 6.54. The number of carbonyl (C=O) groups is 1. The number of ether oxygens (including phenoxy) is 1. The van der Waals surface area contributed by atoms with E-state index in [1.54, 1.807) is 18.3 Å². The Labute approximate surface area is 260 Å². The standard InChI is InChI=1S/C33H41BrN6O2.2H2/c1-21-8-7-9-22(2)40(21)17-16-36-31(41)29-20-25(14-15-35-29)42-24-11-13-30-28(19-24)38-32(39(30)6)37-23-10-12-27(34)26(18-23)33(3,4)5;;/h10-15,18-22H,7-9,16-17H2,1-6H3,(H,36,41)(H,37,38);2*1H. The van der Waals surface area contributed by atoms with Crippen LogP contribution in [0.15, 0.2) is 59.2 Å². The fraction of sp³-hybridized carbons (Fsp3) is 0.424. The van der Waals surface area contributed by atoms with Crippen LogP contribution in [0.4, 0.5) is 11.6 Å². The van der Waals surface area contributed by atoms with E-state index in [1.165, 1.54) is 24.8 Å². The van der Waals surface area contributed by atoms with Crippen LogP contribution in [0.5, 0.6) is 11.5 Å². The predicted molar refractivity (Wildman–Crippen MR) is 177 cm³/mol. The van der Waals surface area contributed by atoms with E-state index in [1.807, 2.05) is 35.9 Å². The summed E-state index contributed by atoms with van der Waals surface area (Å²) in [6, 6.07) is 16.6. The van der Waals surface area contributed by atoms with E-state index >= 15 is 0 Å². The van der Waals surface area contributed by atoms with Crippen LogP contribution in [0.2, 0.25) is 0 Å². The zero-order valence-corrected chi connectivity index (χ0v) is 27.0. The van der Waals surface area contributed by atoms with E-state index in [0.717, 1.165) is 33.7 Å². The number of imidazole rings is 1. The van der Waals surface area contributed by atoms with Crippen LogP contribution in [0.25, 0.3) is 11.0 Å². The molecule has 226 valence electrons. The highest BCUT2D eigenvalue weighted by Crippen LogP contribution is 2.34. The number of aryl methyl sites for hydroxylation is 1. The molecule has 0 bridgehead atoms. The summed E-state index contributed by atoms with van der Waals surface area (Å²) in [6.45, 7) is 12.6. The number of benzene rings is 2. The molecule has 2 N–H and O–H groups in total. The lowest BCUT2D eigenvalue weighted by molar-refractivity contribution is 0.0885. The Bertz CT molecular complexity index is 1580. The van der Waals surface area contributed by atoms with Gasteiger partial charge >= 0.3 is 0 Å². The van der Waals surface area contributed by atoms with Crippen molar-refractivity contribution >= 4 is 44.5 Å². The molecular weight excluding hydrogens is 592 g/mol. The molecule has 2 aromatic carbocycles. The Hall–Kier alpha value is -3.43. The number of carbonyl (C=O) groups excluding carboxylic acids is 1. The molecular formula is C33H45BrN6O2. The number of likely N-dealkylation sites (tertiary alicyclic amines) is 1. The number of rotatable bonds is 8. The molecule has 2 aromatic heterocycles. The van der Waals surface area contributed by atoms with Crippen molar-refractivity contribution in [1.82, 2.24) is 24.8 Å². The summed E-state index contributed by atoms with van der Waals surface area (Å²) in [4.78, 5) is 24.4. The van der Waals surface area contributed by atoms with Gasteiger partial charge in [0.05, 0.1) is 11.0 Å². The van der Waals surface area contributed by atoms with Gasteiger partial charge < -0.3 is 19.9 Å². The molecule has 0 saturated carbocycles. The molecule has 1 saturated heterocycles. The Kier molecular flexibility index (Phi) is 8.89.